The third kappa shape index (κ3) is 4.25. The Morgan fingerprint density at radius 2 is 2.17 bits per heavy atom. The van der Waals surface area contributed by atoms with Gasteiger partial charge < -0.3 is 14.9 Å². The summed E-state index contributed by atoms with van der Waals surface area (Å²) < 4.78 is 23.9. The van der Waals surface area contributed by atoms with Crippen LogP contribution in [0.2, 0.25) is 0 Å². The molecule has 1 atom stereocenters. The van der Waals surface area contributed by atoms with Crippen LogP contribution in [0.1, 0.15) is 18.2 Å². The molecule has 0 aliphatic rings. The van der Waals surface area contributed by atoms with Crippen molar-refractivity contribution in [1.29, 1.82) is 0 Å². The normalized spacial score (nSPS) is 11.3. The van der Waals surface area contributed by atoms with Gasteiger partial charge in [-0.15, -0.1) is 0 Å². The van der Waals surface area contributed by atoms with Crippen molar-refractivity contribution >= 4 is 6.03 Å². The standard InChI is InChI=1S/C16H15FN2O4/c1-10-9-12(17)4-7-14(10)23-15-8-6-13(22-15)5-3-11(2)19(21)16(18)20/h4,6-9,11,21H,1-2H3,(H2,18,20). The maximum absolute atomic E-state index is 13.0. The van der Waals surface area contributed by atoms with Crippen LogP contribution < -0.4 is 10.5 Å². The van der Waals surface area contributed by atoms with Crippen LogP contribution in [0.4, 0.5) is 9.18 Å². The van der Waals surface area contributed by atoms with E-state index in [1.54, 1.807) is 19.1 Å². The zero-order valence-corrected chi connectivity index (χ0v) is 12.5. The van der Waals surface area contributed by atoms with Crippen LogP contribution in [0.15, 0.2) is 34.7 Å². The first kappa shape index (κ1) is 16.4. The fourth-order valence-electron chi connectivity index (χ4n) is 1.71. The average Bonchev–Trinajstić information content (AvgIpc) is 2.94. The lowest BCUT2D eigenvalue weighted by molar-refractivity contribution is -0.0536. The number of urea groups is 1. The third-order valence-corrected chi connectivity index (χ3v) is 2.93. The van der Waals surface area contributed by atoms with Gasteiger partial charge in [0, 0.05) is 6.07 Å². The van der Waals surface area contributed by atoms with Crippen LogP contribution in [0.3, 0.4) is 0 Å². The number of benzene rings is 1. The minimum atomic E-state index is -0.998. The monoisotopic (exact) mass is 318 g/mol. The molecule has 1 aromatic heterocycles. The van der Waals surface area contributed by atoms with Gasteiger partial charge in [-0.3, -0.25) is 5.21 Å². The highest BCUT2D eigenvalue weighted by Gasteiger charge is 2.12. The molecular weight excluding hydrogens is 303 g/mol. The number of hydrogen-bond acceptors (Lipinski definition) is 4. The fraction of sp³-hybridized carbons (Fsp3) is 0.188. The van der Waals surface area contributed by atoms with E-state index >= 15 is 0 Å². The van der Waals surface area contributed by atoms with Crippen LogP contribution in [-0.4, -0.2) is 22.3 Å². The molecule has 0 aliphatic carbocycles. The molecule has 3 N–H and O–H groups in total. The zero-order chi connectivity index (χ0) is 17.0. The van der Waals surface area contributed by atoms with Crippen molar-refractivity contribution in [2.75, 3.05) is 0 Å². The number of amides is 2. The highest BCUT2D eigenvalue weighted by molar-refractivity contribution is 5.71. The summed E-state index contributed by atoms with van der Waals surface area (Å²) in [6.45, 7) is 3.21. The molecule has 0 radical (unpaired) electrons. The van der Waals surface area contributed by atoms with Crippen molar-refractivity contribution in [3.05, 3.63) is 47.5 Å². The molecule has 6 nitrogen and oxygen atoms in total. The Kier molecular flexibility index (Phi) is 4.88. The van der Waals surface area contributed by atoms with Gasteiger partial charge in [-0.1, -0.05) is 5.92 Å². The molecule has 120 valence electrons. The van der Waals surface area contributed by atoms with Gasteiger partial charge in [0.1, 0.15) is 17.6 Å². The first-order valence-corrected chi connectivity index (χ1v) is 6.69. The molecule has 2 aromatic rings. The van der Waals surface area contributed by atoms with Crippen molar-refractivity contribution in [3.8, 4) is 23.5 Å². The van der Waals surface area contributed by atoms with Gasteiger partial charge in [-0.2, -0.15) is 5.06 Å². The minimum absolute atomic E-state index is 0.187. The second-order valence-corrected chi connectivity index (χ2v) is 4.76. The van der Waals surface area contributed by atoms with Crippen molar-refractivity contribution in [2.24, 2.45) is 5.73 Å². The maximum Gasteiger partial charge on any atom is 0.339 e. The third-order valence-electron chi connectivity index (χ3n) is 2.93. The van der Waals surface area contributed by atoms with E-state index < -0.39 is 12.1 Å². The molecule has 0 saturated heterocycles. The number of ether oxygens (including phenoxy) is 1. The van der Waals surface area contributed by atoms with E-state index in [1.165, 1.54) is 25.1 Å². The topological polar surface area (TPSA) is 88.9 Å². The molecule has 2 amide bonds. The lowest BCUT2D eigenvalue weighted by Gasteiger charge is -2.14. The largest absolute Gasteiger partial charge is 0.426 e. The van der Waals surface area contributed by atoms with Crippen molar-refractivity contribution in [3.63, 3.8) is 0 Å². The Bertz CT molecular complexity index is 776. The van der Waals surface area contributed by atoms with Crippen LogP contribution in [0.25, 0.3) is 0 Å². The van der Waals surface area contributed by atoms with Crippen LogP contribution in [-0.2, 0) is 0 Å². The molecule has 1 aromatic carbocycles. The first-order valence-electron chi connectivity index (χ1n) is 6.69. The Balaban J connectivity index is 2.08. The van der Waals surface area contributed by atoms with E-state index in [2.05, 4.69) is 11.8 Å². The number of rotatable bonds is 3. The van der Waals surface area contributed by atoms with E-state index in [9.17, 15) is 14.4 Å². The predicted octanol–water partition coefficient (Wildman–Crippen LogP) is 3.03. The van der Waals surface area contributed by atoms with Gasteiger partial charge >= 0.3 is 6.03 Å². The van der Waals surface area contributed by atoms with Crippen LogP contribution >= 0.6 is 0 Å². The van der Waals surface area contributed by atoms with E-state index in [1.807, 2.05) is 0 Å². The number of furan rings is 1. The summed E-state index contributed by atoms with van der Waals surface area (Å²) in [6, 6.07) is 5.47. The number of nitrogens with two attached hydrogens (primary N) is 1. The number of primary amides is 1. The summed E-state index contributed by atoms with van der Waals surface area (Å²) in [5.74, 6) is 5.83. The molecule has 0 spiro atoms. The molecule has 2 rings (SSSR count). The lowest BCUT2D eigenvalue weighted by atomic mass is 10.2. The average molecular weight is 318 g/mol. The highest BCUT2D eigenvalue weighted by Crippen LogP contribution is 2.26. The van der Waals surface area contributed by atoms with Crippen molar-refractivity contribution < 1.29 is 23.5 Å². The summed E-state index contributed by atoms with van der Waals surface area (Å²) in [5.41, 5.74) is 5.54. The second-order valence-electron chi connectivity index (χ2n) is 4.76. The van der Waals surface area contributed by atoms with Crippen LogP contribution in [0, 0.1) is 24.6 Å². The first-order chi connectivity index (χ1) is 10.9. The second kappa shape index (κ2) is 6.85. The van der Waals surface area contributed by atoms with Gasteiger partial charge in [0.25, 0.3) is 5.95 Å². The molecule has 23 heavy (non-hydrogen) atoms. The number of nitrogens with zero attached hydrogens (tertiary/aromatic N) is 1. The summed E-state index contributed by atoms with van der Waals surface area (Å²) in [6.07, 6.45) is 0. The van der Waals surface area contributed by atoms with E-state index in [0.717, 1.165) is 0 Å². The van der Waals surface area contributed by atoms with Gasteiger partial charge in [-0.05, 0) is 49.6 Å². The number of hydrogen-bond donors (Lipinski definition) is 2. The number of carbonyl (C=O) groups excluding carboxylic acids is 1. The molecule has 1 unspecified atom stereocenters. The summed E-state index contributed by atoms with van der Waals surface area (Å²) in [5, 5.41) is 9.61. The molecule has 0 aliphatic heterocycles. The maximum atomic E-state index is 13.0. The van der Waals surface area contributed by atoms with E-state index in [-0.39, 0.29) is 17.5 Å². The van der Waals surface area contributed by atoms with Gasteiger partial charge in [0.15, 0.2) is 5.76 Å². The van der Waals surface area contributed by atoms with Gasteiger partial charge in [0.05, 0.1) is 0 Å². The lowest BCUT2D eigenvalue weighted by Crippen LogP contribution is -2.38. The highest BCUT2D eigenvalue weighted by atomic mass is 19.1. The Labute approximate surface area is 132 Å². The molecule has 7 heteroatoms. The molecule has 0 bridgehead atoms. The zero-order valence-electron chi connectivity index (χ0n) is 12.5. The number of carbonyl (C=O) groups is 1. The van der Waals surface area contributed by atoms with E-state index in [4.69, 9.17) is 14.9 Å². The molecular formula is C16H15FN2O4. The summed E-state index contributed by atoms with van der Waals surface area (Å²) in [4.78, 5) is 10.8. The number of hydroxylamine groups is 2. The number of halogens is 1. The Morgan fingerprint density at radius 1 is 1.43 bits per heavy atom. The van der Waals surface area contributed by atoms with Crippen molar-refractivity contribution in [2.45, 2.75) is 19.9 Å². The van der Waals surface area contributed by atoms with Crippen molar-refractivity contribution in [1.82, 2.24) is 5.06 Å². The minimum Gasteiger partial charge on any atom is -0.426 e. The van der Waals surface area contributed by atoms with Gasteiger partial charge in [-0.25, -0.2) is 9.18 Å². The quantitative estimate of drug-likeness (QED) is 0.517. The van der Waals surface area contributed by atoms with Gasteiger partial charge in [0.2, 0.25) is 0 Å². The Hall–Kier alpha value is -2.98. The molecule has 0 fully saturated rings. The SMILES string of the molecule is Cc1cc(F)ccc1Oc1ccc(C#CC(C)N(O)C(N)=O)o1. The number of aryl methyl sites for hydroxylation is 1. The molecule has 0 saturated carbocycles. The van der Waals surface area contributed by atoms with E-state index in [0.29, 0.717) is 16.4 Å². The Morgan fingerprint density at radius 3 is 2.83 bits per heavy atom. The predicted molar refractivity (Wildman–Crippen MR) is 79.5 cm³/mol. The summed E-state index contributed by atoms with van der Waals surface area (Å²) >= 11 is 0. The van der Waals surface area contributed by atoms with Crippen LogP contribution in [0.5, 0.6) is 11.7 Å². The fourth-order valence-corrected chi connectivity index (χ4v) is 1.71. The summed E-state index contributed by atoms with van der Waals surface area (Å²) in [7, 11) is 0. The molecule has 1 heterocycles. The smallest absolute Gasteiger partial charge is 0.339 e.